The van der Waals surface area contributed by atoms with E-state index >= 15 is 0 Å². The van der Waals surface area contributed by atoms with Gasteiger partial charge in [0.2, 0.25) is 0 Å². The number of nitrogens with zero attached hydrogens (tertiary/aromatic N) is 2. The number of hydrogen-bond donors (Lipinski definition) is 1. The lowest BCUT2D eigenvalue weighted by atomic mass is 9.95. The molecule has 0 saturated carbocycles. The van der Waals surface area contributed by atoms with Gasteiger partial charge in [0.25, 0.3) is 0 Å². The van der Waals surface area contributed by atoms with E-state index in [2.05, 4.69) is 40.3 Å². The first-order chi connectivity index (χ1) is 17.7. The van der Waals surface area contributed by atoms with E-state index in [1.54, 1.807) is 14.2 Å². The molecule has 0 fully saturated rings. The Morgan fingerprint density at radius 1 is 0.917 bits per heavy atom. The molecule has 3 heterocycles. The Labute approximate surface area is 215 Å². The van der Waals surface area contributed by atoms with Gasteiger partial charge in [-0.2, -0.15) is 0 Å². The van der Waals surface area contributed by atoms with Gasteiger partial charge in [-0.05, 0) is 85.3 Å². The Morgan fingerprint density at radius 2 is 1.61 bits per heavy atom. The average molecular weight is 500 g/mol. The predicted molar refractivity (Wildman–Crippen MR) is 143 cm³/mol. The van der Waals surface area contributed by atoms with E-state index in [9.17, 15) is 4.79 Å². The Bertz CT molecular complexity index is 1390. The van der Waals surface area contributed by atoms with Crippen molar-refractivity contribution in [2.45, 2.75) is 38.3 Å². The first-order valence-electron chi connectivity index (χ1n) is 12.3. The van der Waals surface area contributed by atoms with Gasteiger partial charge >= 0.3 is 6.03 Å². The lowest BCUT2D eigenvalue weighted by Gasteiger charge is -2.31. The van der Waals surface area contributed by atoms with Gasteiger partial charge in [0.15, 0.2) is 0 Å². The fraction of sp³-hybridized carbons (Fsp3) is 0.276. The van der Waals surface area contributed by atoms with E-state index in [4.69, 9.17) is 9.47 Å². The summed E-state index contributed by atoms with van der Waals surface area (Å²) in [5.41, 5.74) is 5.60. The molecule has 36 heavy (non-hydrogen) atoms. The van der Waals surface area contributed by atoms with E-state index in [1.165, 1.54) is 33.8 Å². The Balaban J connectivity index is 1.46. The fourth-order valence-corrected chi connectivity index (χ4v) is 6.80. The number of amides is 2. The van der Waals surface area contributed by atoms with Crippen LogP contribution in [0.25, 0.3) is 5.00 Å². The molecule has 6 nitrogen and oxygen atoms in total. The van der Waals surface area contributed by atoms with Gasteiger partial charge < -0.3 is 24.3 Å². The van der Waals surface area contributed by atoms with E-state index in [0.29, 0.717) is 6.54 Å². The monoisotopic (exact) mass is 499 g/mol. The highest BCUT2D eigenvalue weighted by Crippen LogP contribution is 2.44. The van der Waals surface area contributed by atoms with Crippen molar-refractivity contribution in [2.75, 3.05) is 19.5 Å². The molecule has 2 aliphatic rings. The van der Waals surface area contributed by atoms with Crippen LogP contribution in [-0.4, -0.2) is 29.7 Å². The maximum absolute atomic E-state index is 14.0. The van der Waals surface area contributed by atoms with Crippen molar-refractivity contribution in [1.82, 2.24) is 9.47 Å². The molecular weight excluding hydrogens is 470 g/mol. The van der Waals surface area contributed by atoms with Crippen LogP contribution in [0.1, 0.15) is 46.1 Å². The minimum Gasteiger partial charge on any atom is -0.497 e. The Kier molecular flexibility index (Phi) is 5.93. The third kappa shape index (κ3) is 3.93. The molecule has 2 amide bonds. The molecule has 6 rings (SSSR count). The van der Waals surface area contributed by atoms with Crippen molar-refractivity contribution in [2.24, 2.45) is 0 Å². The molecule has 1 aliphatic heterocycles. The number of aromatic nitrogens is 1. The number of fused-ring (bicyclic) bond motifs is 5. The molecule has 2 aromatic heterocycles. The standard InChI is InChI=1S/C29H29N3O3S/c1-34-21-13-9-19(10-14-21)27-25-7-5-17-31(25)28-24(23-6-3-4-8-26(23)36-28)18-32(27)29(33)30-20-11-15-22(35-2)16-12-20/h5,7,9-17,27H,3-4,6,8,18H2,1-2H3,(H,30,33)/t27-/m0/s1. The van der Waals surface area contributed by atoms with Gasteiger partial charge in [-0.15, -0.1) is 11.3 Å². The predicted octanol–water partition coefficient (Wildman–Crippen LogP) is 6.57. The van der Waals surface area contributed by atoms with Gasteiger partial charge in [0, 0.05) is 22.3 Å². The van der Waals surface area contributed by atoms with E-state index < -0.39 is 0 Å². The summed E-state index contributed by atoms with van der Waals surface area (Å²) in [6.45, 7) is 0.557. The summed E-state index contributed by atoms with van der Waals surface area (Å²) < 4.78 is 13.0. The quantitative estimate of drug-likeness (QED) is 0.345. The number of anilines is 1. The number of hydrogen-bond acceptors (Lipinski definition) is 4. The number of carbonyl (C=O) groups is 1. The molecule has 0 bridgehead atoms. The van der Waals surface area contributed by atoms with Crippen LogP contribution >= 0.6 is 11.3 Å². The SMILES string of the molecule is COc1ccc(NC(=O)N2Cc3c(sc4c3CCCC4)-n3cccc3[C@@H]2c2ccc(OC)cc2)cc1. The van der Waals surface area contributed by atoms with Crippen LogP contribution in [0.15, 0.2) is 66.9 Å². The number of nitrogens with one attached hydrogen (secondary N) is 1. The second-order valence-electron chi connectivity index (χ2n) is 9.26. The molecule has 0 spiro atoms. The number of thiophene rings is 1. The molecule has 0 saturated heterocycles. The van der Waals surface area contributed by atoms with Gasteiger partial charge in [0.05, 0.1) is 32.5 Å². The third-order valence-electron chi connectivity index (χ3n) is 7.21. The van der Waals surface area contributed by atoms with Crippen LogP contribution in [0.3, 0.4) is 0 Å². The number of rotatable bonds is 4. The smallest absolute Gasteiger partial charge is 0.322 e. The third-order valence-corrected chi connectivity index (χ3v) is 8.55. The van der Waals surface area contributed by atoms with Crippen molar-refractivity contribution in [3.05, 3.63) is 94.1 Å². The second kappa shape index (κ2) is 9.39. The van der Waals surface area contributed by atoms with Crippen LogP contribution < -0.4 is 14.8 Å². The molecule has 184 valence electrons. The first kappa shape index (κ1) is 22.7. The molecule has 4 aromatic rings. The molecule has 0 unspecified atom stereocenters. The van der Waals surface area contributed by atoms with Crippen molar-refractivity contribution < 1.29 is 14.3 Å². The number of urea groups is 1. The maximum atomic E-state index is 14.0. The fourth-order valence-electron chi connectivity index (χ4n) is 5.39. The number of methoxy groups -OCH3 is 2. The van der Waals surface area contributed by atoms with Crippen molar-refractivity contribution in [3.8, 4) is 16.5 Å². The van der Waals surface area contributed by atoms with Crippen LogP contribution in [0, 0.1) is 0 Å². The highest BCUT2D eigenvalue weighted by molar-refractivity contribution is 7.15. The number of aryl methyl sites for hydroxylation is 1. The van der Waals surface area contributed by atoms with Crippen LogP contribution in [0.5, 0.6) is 11.5 Å². The van der Waals surface area contributed by atoms with Crippen molar-refractivity contribution >= 4 is 23.1 Å². The Morgan fingerprint density at radius 3 is 2.33 bits per heavy atom. The normalized spacial score (nSPS) is 16.4. The molecule has 0 radical (unpaired) electrons. The van der Waals surface area contributed by atoms with Crippen LogP contribution in [0.2, 0.25) is 0 Å². The lowest BCUT2D eigenvalue weighted by Crippen LogP contribution is -2.38. The highest BCUT2D eigenvalue weighted by atomic mass is 32.1. The average Bonchev–Trinajstić information content (AvgIpc) is 3.51. The van der Waals surface area contributed by atoms with Crippen molar-refractivity contribution in [3.63, 3.8) is 0 Å². The maximum Gasteiger partial charge on any atom is 0.322 e. The zero-order valence-electron chi connectivity index (χ0n) is 20.5. The first-order valence-corrected chi connectivity index (χ1v) is 13.1. The molecular formula is C29H29N3O3S. The second-order valence-corrected chi connectivity index (χ2v) is 10.3. The van der Waals surface area contributed by atoms with Gasteiger partial charge in [0.1, 0.15) is 16.5 Å². The van der Waals surface area contributed by atoms with Crippen molar-refractivity contribution in [1.29, 1.82) is 0 Å². The Hall–Kier alpha value is -3.71. The molecule has 1 N–H and O–H groups in total. The summed E-state index contributed by atoms with van der Waals surface area (Å²) in [6, 6.07) is 19.3. The summed E-state index contributed by atoms with van der Waals surface area (Å²) in [5.74, 6) is 1.55. The van der Waals surface area contributed by atoms with Crippen LogP contribution in [0.4, 0.5) is 10.5 Å². The largest absolute Gasteiger partial charge is 0.497 e. The minimum atomic E-state index is -0.247. The highest BCUT2D eigenvalue weighted by Gasteiger charge is 2.36. The number of ether oxygens (including phenoxy) is 2. The molecule has 1 aliphatic carbocycles. The van der Waals surface area contributed by atoms with E-state index in [-0.39, 0.29) is 12.1 Å². The van der Waals surface area contributed by atoms with Gasteiger partial charge in [-0.25, -0.2) is 4.79 Å². The van der Waals surface area contributed by atoms with Gasteiger partial charge in [-0.3, -0.25) is 0 Å². The zero-order valence-corrected chi connectivity index (χ0v) is 21.3. The zero-order chi connectivity index (χ0) is 24.6. The minimum absolute atomic E-state index is 0.127. The number of benzene rings is 2. The summed E-state index contributed by atoms with van der Waals surface area (Å²) in [6.07, 6.45) is 6.79. The topological polar surface area (TPSA) is 55.7 Å². The van der Waals surface area contributed by atoms with E-state index in [1.807, 2.05) is 52.6 Å². The summed E-state index contributed by atoms with van der Waals surface area (Å²) >= 11 is 1.89. The molecule has 2 aromatic carbocycles. The summed E-state index contributed by atoms with van der Waals surface area (Å²) in [7, 11) is 3.31. The van der Waals surface area contributed by atoms with E-state index in [0.717, 1.165) is 41.3 Å². The molecule has 1 atom stereocenters. The lowest BCUT2D eigenvalue weighted by molar-refractivity contribution is 0.194. The number of carbonyl (C=O) groups excluding carboxylic acids is 1. The molecule has 7 heteroatoms. The summed E-state index contributed by atoms with van der Waals surface area (Å²) in [4.78, 5) is 17.4. The van der Waals surface area contributed by atoms with Crippen LogP contribution in [-0.2, 0) is 19.4 Å². The summed E-state index contributed by atoms with van der Waals surface area (Å²) in [5, 5.41) is 4.39. The van der Waals surface area contributed by atoms with Gasteiger partial charge in [-0.1, -0.05) is 12.1 Å².